The van der Waals surface area contributed by atoms with Crippen molar-refractivity contribution in [2.75, 3.05) is 5.32 Å². The Labute approximate surface area is 163 Å². The summed E-state index contributed by atoms with van der Waals surface area (Å²) in [7, 11) is 0. The van der Waals surface area contributed by atoms with Gasteiger partial charge in [0.25, 0.3) is 5.91 Å². The first kappa shape index (κ1) is 17.8. The van der Waals surface area contributed by atoms with Gasteiger partial charge in [-0.05, 0) is 67.3 Å². The third-order valence-electron chi connectivity index (χ3n) is 4.72. The van der Waals surface area contributed by atoms with Crippen LogP contribution in [-0.2, 0) is 0 Å². The molecule has 2 aromatic carbocycles. The second-order valence-electron chi connectivity index (χ2n) is 6.85. The van der Waals surface area contributed by atoms with Gasteiger partial charge in [-0.3, -0.25) is 4.79 Å². The first-order valence-electron chi connectivity index (χ1n) is 9.00. The number of nitrogens with zero attached hydrogens (tertiary/aromatic N) is 1. The summed E-state index contributed by atoms with van der Waals surface area (Å²) in [6, 6.07) is 15.7. The van der Waals surface area contributed by atoms with Gasteiger partial charge in [0.15, 0.2) is 0 Å². The molecule has 4 aromatic rings. The van der Waals surface area contributed by atoms with Crippen LogP contribution in [0.15, 0.2) is 70.0 Å². The third-order valence-corrected chi connectivity index (χ3v) is 4.72. The first-order chi connectivity index (χ1) is 13.5. The van der Waals surface area contributed by atoms with Crippen molar-refractivity contribution in [3.8, 4) is 22.4 Å². The molecule has 2 aromatic heterocycles. The number of aromatic nitrogens is 1. The average molecular weight is 372 g/mol. The van der Waals surface area contributed by atoms with Crippen LogP contribution in [0, 0.1) is 20.8 Å². The zero-order chi connectivity index (χ0) is 19.7. The lowest BCUT2D eigenvalue weighted by atomic mass is 9.94. The van der Waals surface area contributed by atoms with E-state index in [9.17, 15) is 4.79 Å². The van der Waals surface area contributed by atoms with Gasteiger partial charge in [0.1, 0.15) is 17.7 Å². The van der Waals surface area contributed by atoms with Crippen molar-refractivity contribution in [3.05, 3.63) is 83.5 Å². The Balaban J connectivity index is 1.66. The van der Waals surface area contributed by atoms with Gasteiger partial charge in [0.2, 0.25) is 0 Å². The van der Waals surface area contributed by atoms with Crippen molar-refractivity contribution >= 4 is 11.6 Å². The number of amides is 1. The zero-order valence-corrected chi connectivity index (χ0v) is 15.9. The quantitative estimate of drug-likeness (QED) is 0.493. The van der Waals surface area contributed by atoms with Crippen molar-refractivity contribution < 1.29 is 13.7 Å². The van der Waals surface area contributed by atoms with Gasteiger partial charge < -0.3 is 14.3 Å². The van der Waals surface area contributed by atoms with E-state index in [1.165, 1.54) is 12.5 Å². The van der Waals surface area contributed by atoms with Crippen LogP contribution in [0.3, 0.4) is 0 Å². The lowest BCUT2D eigenvalue weighted by Gasteiger charge is -2.13. The molecule has 28 heavy (non-hydrogen) atoms. The molecule has 0 unspecified atom stereocenters. The van der Waals surface area contributed by atoms with Crippen LogP contribution < -0.4 is 5.32 Å². The van der Waals surface area contributed by atoms with Crippen LogP contribution >= 0.6 is 0 Å². The van der Waals surface area contributed by atoms with E-state index in [0.717, 1.165) is 45.0 Å². The number of hydrogen-bond donors (Lipinski definition) is 1. The van der Waals surface area contributed by atoms with Crippen LogP contribution in [0.1, 0.15) is 27.2 Å². The molecule has 0 radical (unpaired) electrons. The molecule has 0 aliphatic rings. The van der Waals surface area contributed by atoms with E-state index in [1.807, 2.05) is 37.3 Å². The number of carbonyl (C=O) groups is 1. The van der Waals surface area contributed by atoms with E-state index in [2.05, 4.69) is 36.5 Å². The molecule has 5 nitrogen and oxygen atoms in total. The summed E-state index contributed by atoms with van der Waals surface area (Å²) in [6.07, 6.45) is 2.91. The standard InChI is InChI=1S/C23H20N2O3/c1-14-4-6-19(24-23(26)18-8-9-27-13-18)12-21(14)20-7-5-17(10-15(20)2)22-11-16(3)28-25-22/h4-13H,1-3H3,(H,24,26). The van der Waals surface area contributed by atoms with Crippen molar-refractivity contribution in [1.82, 2.24) is 5.16 Å². The van der Waals surface area contributed by atoms with Crippen molar-refractivity contribution in [2.24, 2.45) is 0 Å². The number of rotatable bonds is 4. The minimum Gasteiger partial charge on any atom is -0.472 e. The second kappa shape index (κ2) is 7.19. The molecule has 2 heterocycles. The highest BCUT2D eigenvalue weighted by Gasteiger charge is 2.12. The Morgan fingerprint density at radius 1 is 0.929 bits per heavy atom. The monoisotopic (exact) mass is 372 g/mol. The largest absolute Gasteiger partial charge is 0.472 e. The van der Waals surface area contributed by atoms with Crippen LogP contribution in [0.5, 0.6) is 0 Å². The minimum atomic E-state index is -0.197. The number of furan rings is 1. The highest BCUT2D eigenvalue weighted by Crippen LogP contribution is 2.32. The second-order valence-corrected chi connectivity index (χ2v) is 6.85. The highest BCUT2D eigenvalue weighted by molar-refractivity contribution is 6.04. The van der Waals surface area contributed by atoms with Crippen LogP contribution in [0.4, 0.5) is 5.69 Å². The molecule has 0 saturated heterocycles. The summed E-state index contributed by atoms with van der Waals surface area (Å²) >= 11 is 0. The summed E-state index contributed by atoms with van der Waals surface area (Å²) in [5.74, 6) is 0.589. The first-order valence-corrected chi connectivity index (χ1v) is 9.00. The molecule has 0 aliphatic carbocycles. The molecule has 0 aliphatic heterocycles. The maximum absolute atomic E-state index is 12.3. The van der Waals surface area contributed by atoms with Crippen LogP contribution in [-0.4, -0.2) is 11.1 Å². The van der Waals surface area contributed by atoms with E-state index in [4.69, 9.17) is 8.94 Å². The van der Waals surface area contributed by atoms with E-state index >= 15 is 0 Å². The SMILES string of the molecule is Cc1cc(-c2ccc(-c3cc(NC(=O)c4ccoc4)ccc3C)c(C)c2)no1. The molecule has 1 N–H and O–H groups in total. The molecule has 0 spiro atoms. The maximum Gasteiger partial charge on any atom is 0.258 e. The molecule has 0 bridgehead atoms. The summed E-state index contributed by atoms with van der Waals surface area (Å²) in [5.41, 5.74) is 7.51. The number of hydrogen-bond acceptors (Lipinski definition) is 4. The maximum atomic E-state index is 12.3. The normalized spacial score (nSPS) is 10.8. The van der Waals surface area contributed by atoms with E-state index < -0.39 is 0 Å². The Hall–Kier alpha value is -3.60. The predicted molar refractivity (Wildman–Crippen MR) is 108 cm³/mol. The highest BCUT2D eigenvalue weighted by atomic mass is 16.5. The Bertz CT molecular complexity index is 1140. The summed E-state index contributed by atoms with van der Waals surface area (Å²) in [4.78, 5) is 12.3. The smallest absolute Gasteiger partial charge is 0.258 e. The molecular formula is C23H20N2O3. The molecule has 0 atom stereocenters. The number of aryl methyl sites for hydroxylation is 3. The van der Waals surface area contributed by atoms with Crippen LogP contribution in [0.2, 0.25) is 0 Å². The van der Waals surface area contributed by atoms with Gasteiger partial charge in [-0.1, -0.05) is 23.4 Å². The van der Waals surface area contributed by atoms with Gasteiger partial charge in [0, 0.05) is 17.3 Å². The Morgan fingerprint density at radius 3 is 2.46 bits per heavy atom. The summed E-state index contributed by atoms with van der Waals surface area (Å²) < 4.78 is 10.2. The fourth-order valence-corrected chi connectivity index (χ4v) is 3.21. The molecule has 0 fully saturated rings. The van der Waals surface area contributed by atoms with Gasteiger partial charge in [0.05, 0.1) is 11.8 Å². The average Bonchev–Trinajstić information content (AvgIpc) is 3.35. The van der Waals surface area contributed by atoms with Gasteiger partial charge in [-0.15, -0.1) is 0 Å². The fraction of sp³-hybridized carbons (Fsp3) is 0.130. The van der Waals surface area contributed by atoms with E-state index in [0.29, 0.717) is 5.56 Å². The summed E-state index contributed by atoms with van der Waals surface area (Å²) in [6.45, 7) is 6.01. The molecule has 1 amide bonds. The minimum absolute atomic E-state index is 0.197. The third kappa shape index (κ3) is 3.47. The lowest BCUT2D eigenvalue weighted by molar-refractivity contribution is 0.102. The lowest BCUT2D eigenvalue weighted by Crippen LogP contribution is -2.10. The molecular weight excluding hydrogens is 352 g/mol. The number of benzene rings is 2. The number of anilines is 1. The van der Waals surface area contributed by atoms with Gasteiger partial charge in [-0.25, -0.2) is 0 Å². The van der Waals surface area contributed by atoms with Crippen LogP contribution in [0.25, 0.3) is 22.4 Å². The fourth-order valence-electron chi connectivity index (χ4n) is 3.21. The zero-order valence-electron chi connectivity index (χ0n) is 15.9. The summed E-state index contributed by atoms with van der Waals surface area (Å²) in [5, 5.41) is 7.01. The Morgan fingerprint density at radius 2 is 1.79 bits per heavy atom. The van der Waals surface area contributed by atoms with Gasteiger partial charge in [-0.2, -0.15) is 0 Å². The number of nitrogens with one attached hydrogen (secondary N) is 1. The van der Waals surface area contributed by atoms with Gasteiger partial charge >= 0.3 is 0 Å². The van der Waals surface area contributed by atoms with Crippen molar-refractivity contribution in [3.63, 3.8) is 0 Å². The molecule has 140 valence electrons. The van der Waals surface area contributed by atoms with E-state index in [1.54, 1.807) is 6.07 Å². The van der Waals surface area contributed by atoms with Crippen molar-refractivity contribution in [1.29, 1.82) is 0 Å². The Kier molecular flexibility index (Phi) is 4.57. The molecule has 4 rings (SSSR count). The molecule has 0 saturated carbocycles. The van der Waals surface area contributed by atoms with Crippen molar-refractivity contribution in [2.45, 2.75) is 20.8 Å². The van der Waals surface area contributed by atoms with E-state index in [-0.39, 0.29) is 5.91 Å². The number of carbonyl (C=O) groups excluding carboxylic acids is 1. The molecule has 5 heteroatoms. The topological polar surface area (TPSA) is 68.3 Å². The predicted octanol–water partition coefficient (Wildman–Crippen LogP) is 5.78.